The fraction of sp³-hybridized carbons (Fsp3) is 0.593. The second-order valence-corrected chi connectivity index (χ2v) is 9.59. The van der Waals surface area contributed by atoms with Crippen LogP contribution in [0.25, 0.3) is 0 Å². The normalized spacial score (nSPS) is 15.4. The molecule has 0 radical (unpaired) electrons. The van der Waals surface area contributed by atoms with Crippen molar-refractivity contribution in [3.05, 3.63) is 29.8 Å². The molecule has 1 atom stereocenters. The third-order valence-electron chi connectivity index (χ3n) is 5.83. The van der Waals surface area contributed by atoms with Crippen LogP contribution in [0.5, 0.6) is 0 Å². The lowest BCUT2D eigenvalue weighted by molar-refractivity contribution is -0.134. The van der Waals surface area contributed by atoms with Gasteiger partial charge in [-0.2, -0.15) is 0 Å². The van der Waals surface area contributed by atoms with Gasteiger partial charge in [0.15, 0.2) is 0 Å². The van der Waals surface area contributed by atoms with Gasteiger partial charge in [-0.25, -0.2) is 0 Å². The van der Waals surface area contributed by atoms with Crippen molar-refractivity contribution >= 4 is 35.0 Å². The van der Waals surface area contributed by atoms with Crippen molar-refractivity contribution in [2.24, 2.45) is 11.8 Å². The number of rotatable bonds is 15. The molecule has 1 aliphatic rings. The molecule has 1 fully saturated rings. The van der Waals surface area contributed by atoms with Crippen molar-refractivity contribution in [3.63, 3.8) is 0 Å². The Bertz CT molecular complexity index is 897. The summed E-state index contributed by atoms with van der Waals surface area (Å²) in [6, 6.07) is 6.85. The number of nitrogens with one attached hydrogen (secondary N) is 3. The van der Waals surface area contributed by atoms with Gasteiger partial charge in [-0.1, -0.05) is 32.4 Å². The van der Waals surface area contributed by atoms with E-state index in [4.69, 9.17) is 4.74 Å². The number of hydrogen-bond donors (Lipinski definition) is 3. The Morgan fingerprint density at radius 2 is 1.67 bits per heavy atom. The highest BCUT2D eigenvalue weighted by Gasteiger charge is 2.28. The fourth-order valence-electron chi connectivity index (χ4n) is 3.98. The maximum atomic E-state index is 12.4. The summed E-state index contributed by atoms with van der Waals surface area (Å²) >= 11 is 0. The molecule has 3 N–H and O–H groups in total. The molecular formula is C27H39N3O6. The van der Waals surface area contributed by atoms with E-state index in [1.165, 1.54) is 0 Å². The first-order chi connectivity index (χ1) is 17.2. The zero-order chi connectivity index (χ0) is 26.3. The van der Waals surface area contributed by atoms with Gasteiger partial charge in [-0.05, 0) is 42.9 Å². The van der Waals surface area contributed by atoms with Crippen LogP contribution in [-0.4, -0.2) is 55.6 Å². The molecule has 0 spiro atoms. The maximum Gasteiger partial charge on any atom is 0.233 e. The van der Waals surface area contributed by atoms with Crippen LogP contribution in [0.4, 0.5) is 5.69 Å². The van der Waals surface area contributed by atoms with Crippen molar-refractivity contribution in [1.82, 2.24) is 10.6 Å². The molecule has 36 heavy (non-hydrogen) atoms. The highest BCUT2D eigenvalue weighted by Crippen LogP contribution is 2.23. The number of Topliss-reactive ketones (excluding diaryl/α,β-unsaturated/α-hetero) is 2. The van der Waals surface area contributed by atoms with E-state index in [9.17, 15) is 24.0 Å². The molecule has 198 valence electrons. The first kappa shape index (κ1) is 29.2. The van der Waals surface area contributed by atoms with E-state index < -0.39 is 17.7 Å². The minimum atomic E-state index is -0.482. The number of amides is 3. The third kappa shape index (κ3) is 11.6. The summed E-state index contributed by atoms with van der Waals surface area (Å²) in [7, 11) is 0. The Labute approximate surface area is 213 Å². The molecule has 1 aromatic rings. The predicted molar refractivity (Wildman–Crippen MR) is 136 cm³/mol. The van der Waals surface area contributed by atoms with Gasteiger partial charge in [0.05, 0.1) is 12.5 Å². The summed E-state index contributed by atoms with van der Waals surface area (Å²) in [5, 5.41) is 8.13. The number of benzene rings is 1. The van der Waals surface area contributed by atoms with Crippen LogP contribution in [0.2, 0.25) is 0 Å². The first-order valence-electron chi connectivity index (χ1n) is 12.8. The molecule has 1 aromatic carbocycles. The van der Waals surface area contributed by atoms with Gasteiger partial charge >= 0.3 is 0 Å². The highest BCUT2D eigenvalue weighted by molar-refractivity contribution is 6.04. The molecular weight excluding hydrogens is 462 g/mol. The second kappa shape index (κ2) is 15.8. The highest BCUT2D eigenvalue weighted by atomic mass is 16.5. The molecule has 1 aliphatic carbocycles. The van der Waals surface area contributed by atoms with E-state index in [-0.39, 0.29) is 36.9 Å². The van der Waals surface area contributed by atoms with E-state index >= 15 is 0 Å². The van der Waals surface area contributed by atoms with Crippen molar-refractivity contribution in [2.45, 2.75) is 65.2 Å². The Kier molecular flexibility index (Phi) is 12.8. The number of carbonyl (C=O) groups is 5. The molecule has 0 aliphatic heterocycles. The SMILES string of the molecule is CC(C)CC(=O)NCCCOCCNC(=O)CC(=O)Nc1ccc(CC(=O)C2CCCCC2=O)cc1. The zero-order valence-corrected chi connectivity index (χ0v) is 21.4. The first-order valence-corrected chi connectivity index (χ1v) is 12.8. The van der Waals surface area contributed by atoms with Crippen LogP contribution in [0.15, 0.2) is 24.3 Å². The van der Waals surface area contributed by atoms with Gasteiger partial charge in [-0.3, -0.25) is 24.0 Å². The van der Waals surface area contributed by atoms with Crippen molar-refractivity contribution in [2.75, 3.05) is 31.6 Å². The monoisotopic (exact) mass is 501 g/mol. The number of anilines is 1. The summed E-state index contributed by atoms with van der Waals surface area (Å²) in [5.74, 6) is -0.973. The zero-order valence-electron chi connectivity index (χ0n) is 21.4. The summed E-state index contributed by atoms with van der Waals surface area (Å²) in [4.78, 5) is 60.0. The summed E-state index contributed by atoms with van der Waals surface area (Å²) in [6.45, 7) is 5.61. The second-order valence-electron chi connectivity index (χ2n) is 9.59. The lowest BCUT2D eigenvalue weighted by atomic mass is 9.83. The van der Waals surface area contributed by atoms with Crippen molar-refractivity contribution in [3.8, 4) is 0 Å². The van der Waals surface area contributed by atoms with Gasteiger partial charge in [0.2, 0.25) is 17.7 Å². The third-order valence-corrected chi connectivity index (χ3v) is 5.83. The number of ether oxygens (including phenoxy) is 1. The van der Waals surface area contributed by atoms with Gasteiger partial charge in [0.25, 0.3) is 0 Å². The molecule has 0 heterocycles. The van der Waals surface area contributed by atoms with Gasteiger partial charge in [0, 0.05) is 44.6 Å². The summed E-state index contributed by atoms with van der Waals surface area (Å²) in [5.41, 5.74) is 1.31. The minimum Gasteiger partial charge on any atom is -0.380 e. The topological polar surface area (TPSA) is 131 Å². The van der Waals surface area contributed by atoms with Crippen LogP contribution in [-0.2, 0) is 35.1 Å². The molecule has 0 saturated heterocycles. The quantitative estimate of drug-likeness (QED) is 0.250. The number of hydrogen-bond acceptors (Lipinski definition) is 6. The molecule has 9 nitrogen and oxygen atoms in total. The lowest BCUT2D eigenvalue weighted by Gasteiger charge is -2.19. The van der Waals surface area contributed by atoms with E-state index in [1.54, 1.807) is 24.3 Å². The van der Waals surface area contributed by atoms with Crippen LogP contribution >= 0.6 is 0 Å². The molecule has 0 aromatic heterocycles. The molecule has 9 heteroatoms. The van der Waals surface area contributed by atoms with Gasteiger partial charge in [-0.15, -0.1) is 0 Å². The van der Waals surface area contributed by atoms with Crippen LogP contribution in [0.1, 0.15) is 64.4 Å². The molecule has 3 amide bonds. The number of carbonyl (C=O) groups excluding carboxylic acids is 5. The predicted octanol–water partition coefficient (Wildman–Crippen LogP) is 2.57. The smallest absolute Gasteiger partial charge is 0.233 e. The Morgan fingerprint density at radius 1 is 0.944 bits per heavy atom. The number of ketones is 2. The fourth-order valence-corrected chi connectivity index (χ4v) is 3.98. The van der Waals surface area contributed by atoms with Crippen LogP contribution < -0.4 is 16.0 Å². The lowest BCUT2D eigenvalue weighted by Crippen LogP contribution is -2.31. The van der Waals surface area contributed by atoms with Gasteiger partial charge in [0.1, 0.15) is 18.0 Å². The average Bonchev–Trinajstić information content (AvgIpc) is 2.81. The van der Waals surface area contributed by atoms with Gasteiger partial charge < -0.3 is 20.7 Å². The standard InChI is InChI=1S/C27H39N3O6/c1-19(2)16-25(33)28-12-5-14-36-15-13-29-26(34)18-27(35)30-21-10-8-20(9-11-21)17-24(32)22-6-3-4-7-23(22)31/h8-11,19,22H,3-7,12-18H2,1-2H3,(H,28,33)(H,29,34)(H,30,35). The summed E-state index contributed by atoms with van der Waals surface area (Å²) in [6.07, 6.45) is 3.98. The van der Waals surface area contributed by atoms with E-state index in [2.05, 4.69) is 16.0 Å². The molecule has 1 saturated carbocycles. The maximum absolute atomic E-state index is 12.4. The Hall–Kier alpha value is -3.07. The average molecular weight is 502 g/mol. The molecule has 2 rings (SSSR count). The van der Waals surface area contributed by atoms with Crippen molar-refractivity contribution in [1.29, 1.82) is 0 Å². The largest absolute Gasteiger partial charge is 0.380 e. The van der Waals surface area contributed by atoms with E-state index in [1.807, 2.05) is 13.8 Å². The molecule has 0 bridgehead atoms. The van der Waals surface area contributed by atoms with Crippen molar-refractivity contribution < 1.29 is 28.7 Å². The van der Waals surface area contributed by atoms with E-state index in [0.717, 1.165) is 18.4 Å². The minimum absolute atomic E-state index is 0.0361. The molecule has 1 unspecified atom stereocenters. The Morgan fingerprint density at radius 3 is 2.36 bits per heavy atom. The Balaban J connectivity index is 1.57. The summed E-state index contributed by atoms with van der Waals surface area (Å²) < 4.78 is 5.42. The van der Waals surface area contributed by atoms with Crippen LogP contribution in [0, 0.1) is 11.8 Å². The van der Waals surface area contributed by atoms with E-state index in [0.29, 0.717) is 57.0 Å². The van der Waals surface area contributed by atoms with Crippen LogP contribution in [0.3, 0.4) is 0 Å².